The predicted molar refractivity (Wildman–Crippen MR) is 46.1 cm³/mol. The van der Waals surface area contributed by atoms with E-state index in [-0.39, 0.29) is 0 Å². The lowest BCUT2D eigenvalue weighted by Crippen LogP contribution is -2.23. The second-order valence-corrected chi connectivity index (χ2v) is 4.77. The molecule has 0 saturated heterocycles. The molecule has 0 aliphatic heterocycles. The lowest BCUT2D eigenvalue weighted by molar-refractivity contribution is -0.106. The van der Waals surface area contributed by atoms with Crippen molar-refractivity contribution in [1.29, 1.82) is 10.5 Å². The molecule has 17 heavy (non-hydrogen) atoms. The number of aromatic amines is 1. The third kappa shape index (κ3) is 2.95. The van der Waals surface area contributed by atoms with E-state index in [4.69, 9.17) is 10.5 Å². The van der Waals surface area contributed by atoms with Crippen LogP contribution in [0.3, 0.4) is 0 Å². The zero-order chi connectivity index (χ0) is 13.3. The quantitative estimate of drug-likeness (QED) is 0.835. The van der Waals surface area contributed by atoms with Crippen LogP contribution in [0.2, 0.25) is 0 Å². The molecule has 0 saturated carbocycles. The molecule has 0 radical (unpaired) electrons. The summed E-state index contributed by atoms with van der Waals surface area (Å²) in [6.45, 7) is 0. The largest absolute Gasteiger partial charge is 0.403 e. The fourth-order valence-corrected chi connectivity index (χ4v) is 2.00. The molecule has 1 aromatic heterocycles. The van der Waals surface area contributed by atoms with Crippen LogP contribution in [0.15, 0.2) is 5.16 Å². The molecule has 0 aliphatic carbocycles. The van der Waals surface area contributed by atoms with Crippen LogP contribution in [-0.2, 0) is 9.84 Å². The van der Waals surface area contributed by atoms with Gasteiger partial charge in [0.1, 0.15) is 12.1 Å². The molecule has 0 atom stereocenters. The Labute approximate surface area is 93.2 Å². The summed E-state index contributed by atoms with van der Waals surface area (Å²) >= 11 is 0. The van der Waals surface area contributed by atoms with E-state index in [9.17, 15) is 21.6 Å². The van der Waals surface area contributed by atoms with Crippen LogP contribution in [0.25, 0.3) is 0 Å². The van der Waals surface area contributed by atoms with Gasteiger partial charge in [0, 0.05) is 0 Å². The van der Waals surface area contributed by atoms with Gasteiger partial charge in [-0.1, -0.05) is 0 Å². The van der Waals surface area contributed by atoms with Gasteiger partial charge in [-0.3, -0.25) is 0 Å². The van der Waals surface area contributed by atoms with Gasteiger partial charge in [0.15, 0.2) is 17.1 Å². The smallest absolute Gasteiger partial charge is 0.319 e. The van der Waals surface area contributed by atoms with Gasteiger partial charge < -0.3 is 4.98 Å². The van der Waals surface area contributed by atoms with Crippen molar-refractivity contribution >= 4 is 9.84 Å². The first kappa shape index (κ1) is 13.0. The van der Waals surface area contributed by atoms with E-state index in [0.29, 0.717) is 0 Å². The zero-order valence-electron chi connectivity index (χ0n) is 7.91. The maximum atomic E-state index is 12.0. The standard InChI is InChI=1S/C7H3F3N4O2S/c8-7(9,10)3-17(15,16)6-13-4(1-11)5(2-12)14-6/h3H2,(H,13,14). The van der Waals surface area contributed by atoms with E-state index in [2.05, 4.69) is 4.98 Å². The van der Waals surface area contributed by atoms with E-state index in [1.165, 1.54) is 12.1 Å². The highest BCUT2D eigenvalue weighted by molar-refractivity contribution is 7.91. The molecule has 0 aliphatic rings. The number of hydrogen-bond donors (Lipinski definition) is 1. The number of nitrogens with zero attached hydrogens (tertiary/aromatic N) is 3. The molecule has 1 heterocycles. The first-order valence-electron chi connectivity index (χ1n) is 3.89. The van der Waals surface area contributed by atoms with Gasteiger partial charge in [-0.2, -0.15) is 23.7 Å². The number of imidazole rings is 1. The molecule has 6 nitrogen and oxygen atoms in total. The Morgan fingerprint density at radius 2 is 1.88 bits per heavy atom. The Morgan fingerprint density at radius 3 is 2.24 bits per heavy atom. The average molecular weight is 264 g/mol. The number of sulfone groups is 1. The maximum Gasteiger partial charge on any atom is 0.403 e. The predicted octanol–water partition coefficient (Wildman–Crippen LogP) is 0.489. The highest BCUT2D eigenvalue weighted by Crippen LogP contribution is 2.21. The fraction of sp³-hybridized carbons (Fsp3) is 0.286. The summed E-state index contributed by atoms with van der Waals surface area (Å²) in [5, 5.41) is 15.9. The first-order valence-corrected chi connectivity index (χ1v) is 5.54. The topological polar surface area (TPSA) is 110 Å². The van der Waals surface area contributed by atoms with Crippen LogP contribution < -0.4 is 0 Å². The fourth-order valence-electron chi connectivity index (χ4n) is 0.944. The van der Waals surface area contributed by atoms with E-state index in [1.54, 1.807) is 0 Å². The molecular weight excluding hydrogens is 261 g/mol. The van der Waals surface area contributed by atoms with Crippen molar-refractivity contribution in [2.45, 2.75) is 11.3 Å². The minimum Gasteiger partial charge on any atom is -0.319 e. The molecule has 0 spiro atoms. The monoisotopic (exact) mass is 264 g/mol. The number of rotatable bonds is 2. The minimum atomic E-state index is -4.93. The van der Waals surface area contributed by atoms with Gasteiger partial charge in [0.05, 0.1) is 0 Å². The Hall–Kier alpha value is -2.07. The van der Waals surface area contributed by atoms with Gasteiger partial charge in [0.2, 0.25) is 15.0 Å². The minimum absolute atomic E-state index is 0.492. The van der Waals surface area contributed by atoms with Gasteiger partial charge >= 0.3 is 6.18 Å². The van der Waals surface area contributed by atoms with Gasteiger partial charge in [-0.05, 0) is 0 Å². The van der Waals surface area contributed by atoms with Crippen LogP contribution in [-0.4, -0.2) is 30.3 Å². The molecule has 10 heteroatoms. The summed E-state index contributed by atoms with van der Waals surface area (Å²) in [5.41, 5.74) is -1.05. The summed E-state index contributed by atoms with van der Waals surface area (Å²) in [6.07, 6.45) is -4.93. The van der Waals surface area contributed by atoms with E-state index < -0.39 is 38.3 Å². The number of nitriles is 2. The van der Waals surface area contributed by atoms with Crippen molar-refractivity contribution in [3.8, 4) is 12.1 Å². The Morgan fingerprint density at radius 1 is 1.29 bits per heavy atom. The molecule has 0 fully saturated rings. The van der Waals surface area contributed by atoms with Crippen molar-refractivity contribution in [3.05, 3.63) is 11.4 Å². The van der Waals surface area contributed by atoms with Gasteiger partial charge in [-0.15, -0.1) is 0 Å². The Bertz CT molecular complexity index is 586. The number of alkyl halides is 3. The summed E-state index contributed by atoms with van der Waals surface area (Å²) in [7, 11) is -4.73. The lowest BCUT2D eigenvalue weighted by atomic mass is 10.4. The highest BCUT2D eigenvalue weighted by Gasteiger charge is 2.38. The number of nitrogens with one attached hydrogen (secondary N) is 1. The number of hydrogen-bond acceptors (Lipinski definition) is 5. The van der Waals surface area contributed by atoms with E-state index >= 15 is 0 Å². The van der Waals surface area contributed by atoms with Gasteiger partial charge in [-0.25, -0.2) is 13.4 Å². The molecule has 0 bridgehead atoms. The average Bonchev–Trinajstić information content (AvgIpc) is 2.57. The van der Waals surface area contributed by atoms with Crippen molar-refractivity contribution in [2.75, 3.05) is 5.75 Å². The molecule has 1 N–H and O–H groups in total. The molecular formula is C7H3F3N4O2S. The number of aromatic nitrogens is 2. The molecule has 1 aromatic rings. The van der Waals surface area contributed by atoms with Crippen molar-refractivity contribution < 1.29 is 21.6 Å². The third-order valence-electron chi connectivity index (χ3n) is 1.55. The Balaban J connectivity index is 3.24. The molecule has 0 amide bonds. The van der Waals surface area contributed by atoms with Crippen LogP contribution in [0.1, 0.15) is 11.4 Å². The lowest BCUT2D eigenvalue weighted by Gasteiger charge is -2.04. The van der Waals surface area contributed by atoms with E-state index in [1.807, 2.05) is 4.98 Å². The maximum absolute atomic E-state index is 12.0. The number of H-pyrrole nitrogens is 1. The van der Waals surface area contributed by atoms with Crippen LogP contribution in [0, 0.1) is 22.7 Å². The number of halogens is 3. The second kappa shape index (κ2) is 4.07. The van der Waals surface area contributed by atoms with Gasteiger partial charge in [0.25, 0.3) is 0 Å². The van der Waals surface area contributed by atoms with E-state index in [0.717, 1.165) is 0 Å². The molecule has 90 valence electrons. The first-order chi connectivity index (χ1) is 7.69. The molecule has 0 aromatic carbocycles. The molecule has 0 unspecified atom stereocenters. The van der Waals surface area contributed by atoms with Crippen molar-refractivity contribution in [1.82, 2.24) is 9.97 Å². The SMILES string of the molecule is N#Cc1nc(S(=O)(=O)CC(F)(F)F)[nH]c1C#N. The summed E-state index contributed by atoms with van der Waals surface area (Å²) in [6, 6.07) is 2.81. The highest BCUT2D eigenvalue weighted by atomic mass is 32.2. The van der Waals surface area contributed by atoms with Crippen molar-refractivity contribution in [3.63, 3.8) is 0 Å². The van der Waals surface area contributed by atoms with Crippen LogP contribution in [0.5, 0.6) is 0 Å². The molecule has 1 rings (SSSR count). The van der Waals surface area contributed by atoms with Crippen LogP contribution >= 0.6 is 0 Å². The third-order valence-corrected chi connectivity index (χ3v) is 3.04. The normalized spacial score (nSPS) is 11.8. The summed E-state index contributed by atoms with van der Waals surface area (Å²) in [5.74, 6) is -2.11. The summed E-state index contributed by atoms with van der Waals surface area (Å²) in [4.78, 5) is 4.99. The van der Waals surface area contributed by atoms with Crippen LogP contribution in [0.4, 0.5) is 13.2 Å². The van der Waals surface area contributed by atoms with Crippen molar-refractivity contribution in [2.24, 2.45) is 0 Å². The zero-order valence-corrected chi connectivity index (χ0v) is 8.72. The Kier molecular flexibility index (Phi) is 3.11. The summed E-state index contributed by atoms with van der Waals surface area (Å²) < 4.78 is 58.3. The second-order valence-electron chi connectivity index (χ2n) is 2.86.